The Kier molecular flexibility index (Phi) is 3.55. The quantitative estimate of drug-likeness (QED) is 0.724. The molecule has 0 unspecified atom stereocenters. The van der Waals surface area contributed by atoms with Crippen molar-refractivity contribution in [3.05, 3.63) is 45.9 Å². The number of rotatable bonds is 2. The number of nitrogens with one attached hydrogen (secondary N) is 1. The van der Waals surface area contributed by atoms with Gasteiger partial charge >= 0.3 is 0 Å². The van der Waals surface area contributed by atoms with Gasteiger partial charge in [0.1, 0.15) is 11.3 Å². The number of sulfone groups is 1. The number of para-hydroxylation sites is 1. The van der Waals surface area contributed by atoms with Gasteiger partial charge in [-0.2, -0.15) is 0 Å². The average Bonchev–Trinajstić information content (AvgIpc) is 2.83. The fourth-order valence-corrected chi connectivity index (χ4v) is 3.55. The van der Waals surface area contributed by atoms with Crippen molar-refractivity contribution in [2.75, 3.05) is 6.26 Å². The molecular weight excluding hydrogens is 376 g/mol. The first-order valence-electron chi connectivity index (χ1n) is 6.00. The summed E-state index contributed by atoms with van der Waals surface area (Å²) in [7, 11) is -3.34. The maximum atomic E-state index is 11.8. The molecule has 0 fully saturated rings. The number of imidazole rings is 1. The van der Waals surface area contributed by atoms with E-state index in [0.29, 0.717) is 21.9 Å². The SMILES string of the molecule is CS(=O)(=O)c1cccc2[nH]c(-c3cc(Cl)ccc3Br)nc12. The molecule has 0 radical (unpaired) electrons. The van der Waals surface area contributed by atoms with Gasteiger partial charge in [0, 0.05) is 21.3 Å². The lowest BCUT2D eigenvalue weighted by Gasteiger charge is -2.01. The minimum absolute atomic E-state index is 0.209. The number of aromatic nitrogens is 2. The van der Waals surface area contributed by atoms with Crippen molar-refractivity contribution in [2.45, 2.75) is 4.90 Å². The molecule has 0 aliphatic rings. The highest BCUT2D eigenvalue weighted by Crippen LogP contribution is 2.31. The van der Waals surface area contributed by atoms with Gasteiger partial charge in [0.2, 0.25) is 0 Å². The summed E-state index contributed by atoms with van der Waals surface area (Å²) >= 11 is 9.46. The highest BCUT2D eigenvalue weighted by Gasteiger charge is 2.16. The van der Waals surface area contributed by atoms with Crippen LogP contribution in [0.3, 0.4) is 0 Å². The summed E-state index contributed by atoms with van der Waals surface area (Å²) in [6.07, 6.45) is 1.17. The third kappa shape index (κ3) is 2.71. The largest absolute Gasteiger partial charge is 0.338 e. The van der Waals surface area contributed by atoms with Gasteiger partial charge in [0.15, 0.2) is 9.84 Å². The molecule has 0 spiro atoms. The number of hydrogen-bond acceptors (Lipinski definition) is 3. The minimum Gasteiger partial charge on any atom is -0.338 e. The molecule has 1 aromatic heterocycles. The number of nitrogens with zero attached hydrogens (tertiary/aromatic N) is 1. The molecule has 0 saturated carbocycles. The van der Waals surface area contributed by atoms with Gasteiger partial charge in [0.25, 0.3) is 0 Å². The van der Waals surface area contributed by atoms with Crippen LogP contribution in [0.5, 0.6) is 0 Å². The molecule has 3 aromatic rings. The zero-order valence-electron chi connectivity index (χ0n) is 10.9. The second-order valence-corrected chi connectivity index (χ2v) is 7.91. The molecule has 21 heavy (non-hydrogen) atoms. The van der Waals surface area contributed by atoms with Crippen LogP contribution in [0, 0.1) is 0 Å². The normalized spacial score (nSPS) is 12.0. The van der Waals surface area contributed by atoms with E-state index in [0.717, 1.165) is 10.0 Å². The van der Waals surface area contributed by atoms with E-state index in [9.17, 15) is 8.42 Å². The Morgan fingerprint density at radius 3 is 2.71 bits per heavy atom. The van der Waals surface area contributed by atoms with E-state index < -0.39 is 9.84 Å². The maximum absolute atomic E-state index is 11.8. The number of fused-ring (bicyclic) bond motifs is 1. The first-order valence-corrected chi connectivity index (χ1v) is 9.07. The van der Waals surface area contributed by atoms with Crippen LogP contribution in [-0.2, 0) is 9.84 Å². The van der Waals surface area contributed by atoms with E-state index in [-0.39, 0.29) is 4.90 Å². The van der Waals surface area contributed by atoms with Gasteiger partial charge in [-0.05, 0) is 30.3 Å². The number of H-pyrrole nitrogens is 1. The number of aromatic amines is 1. The minimum atomic E-state index is -3.34. The summed E-state index contributed by atoms with van der Waals surface area (Å²) in [4.78, 5) is 7.77. The number of benzene rings is 2. The van der Waals surface area contributed by atoms with Crippen molar-refractivity contribution in [3.8, 4) is 11.4 Å². The van der Waals surface area contributed by atoms with Crippen LogP contribution in [0.25, 0.3) is 22.4 Å². The van der Waals surface area contributed by atoms with Crippen LogP contribution in [0.2, 0.25) is 5.02 Å². The highest BCUT2D eigenvalue weighted by molar-refractivity contribution is 9.10. The molecule has 1 N–H and O–H groups in total. The lowest BCUT2D eigenvalue weighted by atomic mass is 10.2. The lowest BCUT2D eigenvalue weighted by molar-refractivity contribution is 0.602. The molecule has 3 rings (SSSR count). The van der Waals surface area contributed by atoms with Crippen LogP contribution < -0.4 is 0 Å². The molecule has 2 aromatic carbocycles. The monoisotopic (exact) mass is 384 g/mol. The van der Waals surface area contributed by atoms with Crippen LogP contribution in [0.4, 0.5) is 0 Å². The van der Waals surface area contributed by atoms with Crippen LogP contribution >= 0.6 is 27.5 Å². The second-order valence-electron chi connectivity index (χ2n) is 4.63. The fraction of sp³-hybridized carbons (Fsp3) is 0.0714. The van der Waals surface area contributed by atoms with Gasteiger partial charge in [-0.3, -0.25) is 0 Å². The zero-order valence-corrected chi connectivity index (χ0v) is 14.1. The van der Waals surface area contributed by atoms with E-state index >= 15 is 0 Å². The van der Waals surface area contributed by atoms with Gasteiger partial charge in [-0.25, -0.2) is 13.4 Å². The summed E-state index contributed by atoms with van der Waals surface area (Å²) in [5.74, 6) is 0.565. The molecule has 1 heterocycles. The van der Waals surface area contributed by atoms with Crippen molar-refractivity contribution in [3.63, 3.8) is 0 Å². The molecule has 0 aliphatic carbocycles. The molecule has 0 saturated heterocycles. The Morgan fingerprint density at radius 2 is 2.00 bits per heavy atom. The molecule has 4 nitrogen and oxygen atoms in total. The van der Waals surface area contributed by atoms with Crippen LogP contribution in [0.15, 0.2) is 45.8 Å². The topological polar surface area (TPSA) is 62.8 Å². The summed E-state index contributed by atoms with van der Waals surface area (Å²) in [6, 6.07) is 10.4. The predicted octanol–water partition coefficient (Wildman–Crippen LogP) is 4.05. The van der Waals surface area contributed by atoms with Crippen molar-refractivity contribution >= 4 is 48.4 Å². The molecule has 108 valence electrons. The molecule has 0 aliphatic heterocycles. The fourth-order valence-electron chi connectivity index (χ4n) is 2.11. The van der Waals surface area contributed by atoms with E-state index in [2.05, 4.69) is 25.9 Å². The summed E-state index contributed by atoms with van der Waals surface area (Å²) in [5, 5.41) is 0.581. The van der Waals surface area contributed by atoms with Crippen molar-refractivity contribution in [1.82, 2.24) is 9.97 Å². The maximum Gasteiger partial charge on any atom is 0.177 e. The number of halogens is 2. The predicted molar refractivity (Wildman–Crippen MR) is 87.3 cm³/mol. The van der Waals surface area contributed by atoms with Crippen LogP contribution in [-0.4, -0.2) is 24.6 Å². The standard InChI is InChI=1S/C14H10BrClN2O2S/c1-21(19,20)12-4-2-3-11-13(12)18-14(17-11)9-7-8(16)5-6-10(9)15/h2-7H,1H3,(H,17,18). The molecule has 7 heteroatoms. The third-order valence-electron chi connectivity index (χ3n) is 3.06. The van der Waals surface area contributed by atoms with Crippen LogP contribution in [0.1, 0.15) is 0 Å². The van der Waals surface area contributed by atoms with Crippen molar-refractivity contribution < 1.29 is 8.42 Å². The van der Waals surface area contributed by atoms with E-state index in [4.69, 9.17) is 11.6 Å². The van der Waals surface area contributed by atoms with E-state index in [1.165, 1.54) is 6.26 Å². The molecular formula is C14H10BrClN2O2S. The molecule has 0 amide bonds. The van der Waals surface area contributed by atoms with Gasteiger partial charge in [-0.15, -0.1) is 0 Å². The Balaban J connectivity index is 2.30. The first kappa shape index (κ1) is 14.6. The van der Waals surface area contributed by atoms with Crippen molar-refractivity contribution in [2.24, 2.45) is 0 Å². The molecule has 0 atom stereocenters. The van der Waals surface area contributed by atoms with E-state index in [1.807, 2.05) is 6.07 Å². The third-order valence-corrected chi connectivity index (χ3v) is 5.11. The van der Waals surface area contributed by atoms with E-state index in [1.54, 1.807) is 30.3 Å². The van der Waals surface area contributed by atoms with Gasteiger partial charge in [0.05, 0.1) is 10.4 Å². The zero-order chi connectivity index (χ0) is 15.2. The summed E-state index contributed by atoms with van der Waals surface area (Å²) < 4.78 is 24.5. The summed E-state index contributed by atoms with van der Waals surface area (Å²) in [5.41, 5.74) is 1.87. The van der Waals surface area contributed by atoms with Gasteiger partial charge in [-0.1, -0.05) is 33.6 Å². The lowest BCUT2D eigenvalue weighted by Crippen LogP contribution is -1.97. The smallest absolute Gasteiger partial charge is 0.177 e. The second kappa shape index (κ2) is 5.12. The Labute approximate surface area is 135 Å². The Bertz CT molecular complexity index is 951. The Hall–Kier alpha value is -1.37. The van der Waals surface area contributed by atoms with Crippen molar-refractivity contribution in [1.29, 1.82) is 0 Å². The highest BCUT2D eigenvalue weighted by atomic mass is 79.9. The number of hydrogen-bond donors (Lipinski definition) is 1. The average molecular weight is 386 g/mol. The molecule has 0 bridgehead atoms. The Morgan fingerprint density at radius 1 is 1.24 bits per heavy atom. The first-order chi connectivity index (χ1) is 9.86. The van der Waals surface area contributed by atoms with Gasteiger partial charge < -0.3 is 4.98 Å². The summed E-state index contributed by atoms with van der Waals surface area (Å²) in [6.45, 7) is 0.